The fourth-order valence-electron chi connectivity index (χ4n) is 2.78. The number of nitrogens with one attached hydrogen (secondary N) is 1. The summed E-state index contributed by atoms with van der Waals surface area (Å²) in [6, 6.07) is 9.79. The average Bonchev–Trinajstić information content (AvgIpc) is 2.64. The Morgan fingerprint density at radius 2 is 1.65 bits per heavy atom. The van der Waals surface area contributed by atoms with E-state index in [-0.39, 0.29) is 24.0 Å². The second-order valence-corrected chi connectivity index (χ2v) is 6.43. The van der Waals surface area contributed by atoms with Gasteiger partial charge in [0, 0.05) is 12.0 Å². The second-order valence-electron chi connectivity index (χ2n) is 6.43. The molecule has 140 valence electrons. The van der Waals surface area contributed by atoms with Crippen LogP contribution in [0, 0.1) is 5.82 Å². The number of carbonyl (C=O) groups excluding carboxylic acids is 1. The topological polar surface area (TPSA) is 56.8 Å². The van der Waals surface area contributed by atoms with Gasteiger partial charge in [-0.15, -0.1) is 0 Å². The molecule has 0 aliphatic rings. The molecule has 2 aromatic rings. The van der Waals surface area contributed by atoms with E-state index in [0.29, 0.717) is 22.6 Å². The number of carbonyl (C=O) groups is 1. The fourth-order valence-corrected chi connectivity index (χ4v) is 2.78. The van der Waals surface area contributed by atoms with Gasteiger partial charge in [-0.25, -0.2) is 4.39 Å². The zero-order valence-electron chi connectivity index (χ0n) is 15.7. The lowest BCUT2D eigenvalue weighted by Crippen LogP contribution is -2.37. The fraction of sp³-hybridized carbons (Fsp3) is 0.350. The van der Waals surface area contributed by atoms with Crippen LogP contribution >= 0.6 is 0 Å². The summed E-state index contributed by atoms with van der Waals surface area (Å²) in [6.07, 6.45) is 0. The van der Waals surface area contributed by atoms with E-state index in [4.69, 9.17) is 14.2 Å². The van der Waals surface area contributed by atoms with Crippen molar-refractivity contribution in [2.24, 2.45) is 0 Å². The number of methoxy groups -OCH3 is 3. The quantitative estimate of drug-likeness (QED) is 0.819. The maximum atomic E-state index is 14.1. The Bertz CT molecular complexity index is 789. The Kier molecular flexibility index (Phi) is 6.08. The van der Waals surface area contributed by atoms with E-state index in [2.05, 4.69) is 5.32 Å². The van der Waals surface area contributed by atoms with E-state index in [9.17, 15) is 9.18 Å². The SMILES string of the molecule is COc1ccc(C(=O)NCC(C)(C)c2ccccc2F)c(OC)c1OC. The van der Waals surface area contributed by atoms with Crippen molar-refractivity contribution >= 4 is 5.91 Å². The van der Waals surface area contributed by atoms with Crippen molar-refractivity contribution < 1.29 is 23.4 Å². The van der Waals surface area contributed by atoms with Crippen molar-refractivity contribution in [1.82, 2.24) is 5.32 Å². The number of benzene rings is 2. The molecule has 2 aromatic carbocycles. The molecule has 0 saturated carbocycles. The van der Waals surface area contributed by atoms with E-state index in [1.807, 2.05) is 13.8 Å². The minimum Gasteiger partial charge on any atom is -0.493 e. The summed E-state index contributed by atoms with van der Waals surface area (Å²) in [5, 5.41) is 2.85. The first-order chi connectivity index (χ1) is 12.4. The molecule has 0 fully saturated rings. The lowest BCUT2D eigenvalue weighted by atomic mass is 9.84. The predicted molar refractivity (Wildman–Crippen MR) is 97.9 cm³/mol. The molecule has 0 saturated heterocycles. The predicted octanol–water partition coefficient (Wildman–Crippen LogP) is 3.56. The minimum atomic E-state index is -0.579. The average molecular weight is 361 g/mol. The van der Waals surface area contributed by atoms with Gasteiger partial charge in [-0.05, 0) is 23.8 Å². The van der Waals surface area contributed by atoms with Gasteiger partial charge in [-0.1, -0.05) is 32.0 Å². The molecule has 0 aromatic heterocycles. The van der Waals surface area contributed by atoms with Crippen LogP contribution in [0.5, 0.6) is 17.2 Å². The first-order valence-corrected chi connectivity index (χ1v) is 8.18. The van der Waals surface area contributed by atoms with E-state index in [0.717, 1.165) is 0 Å². The van der Waals surface area contributed by atoms with Gasteiger partial charge in [0.15, 0.2) is 11.5 Å². The Hall–Kier alpha value is -2.76. The molecule has 0 unspecified atom stereocenters. The summed E-state index contributed by atoms with van der Waals surface area (Å²) in [5.74, 6) is 0.458. The Morgan fingerprint density at radius 1 is 1.00 bits per heavy atom. The zero-order chi connectivity index (χ0) is 19.3. The van der Waals surface area contributed by atoms with Crippen molar-refractivity contribution in [1.29, 1.82) is 0 Å². The third-order valence-electron chi connectivity index (χ3n) is 4.24. The van der Waals surface area contributed by atoms with E-state index in [1.54, 1.807) is 30.3 Å². The van der Waals surface area contributed by atoms with Crippen molar-refractivity contribution in [3.05, 3.63) is 53.3 Å². The van der Waals surface area contributed by atoms with Crippen molar-refractivity contribution in [3.8, 4) is 17.2 Å². The number of halogens is 1. The normalized spacial score (nSPS) is 11.0. The highest BCUT2D eigenvalue weighted by Gasteiger charge is 2.26. The van der Waals surface area contributed by atoms with Crippen LogP contribution in [0.1, 0.15) is 29.8 Å². The van der Waals surface area contributed by atoms with E-state index < -0.39 is 5.41 Å². The molecule has 0 radical (unpaired) electrons. The largest absolute Gasteiger partial charge is 0.493 e. The lowest BCUT2D eigenvalue weighted by molar-refractivity contribution is 0.0941. The highest BCUT2D eigenvalue weighted by Crippen LogP contribution is 2.39. The van der Waals surface area contributed by atoms with Crippen LogP contribution < -0.4 is 19.5 Å². The van der Waals surface area contributed by atoms with Gasteiger partial charge in [-0.3, -0.25) is 4.79 Å². The molecular weight excluding hydrogens is 337 g/mol. The Morgan fingerprint density at radius 3 is 2.23 bits per heavy atom. The molecule has 6 heteroatoms. The van der Waals surface area contributed by atoms with E-state index in [1.165, 1.54) is 27.4 Å². The minimum absolute atomic E-state index is 0.254. The molecule has 0 heterocycles. The Labute approximate surface area is 153 Å². The number of rotatable bonds is 7. The summed E-state index contributed by atoms with van der Waals surface area (Å²) < 4.78 is 29.9. The van der Waals surface area contributed by atoms with Crippen LogP contribution in [-0.4, -0.2) is 33.8 Å². The molecule has 0 aliphatic carbocycles. The maximum Gasteiger partial charge on any atom is 0.255 e. The molecule has 0 bridgehead atoms. The molecule has 0 aliphatic heterocycles. The van der Waals surface area contributed by atoms with Crippen LogP contribution in [0.15, 0.2) is 36.4 Å². The van der Waals surface area contributed by atoms with Gasteiger partial charge in [0.1, 0.15) is 5.82 Å². The monoisotopic (exact) mass is 361 g/mol. The van der Waals surface area contributed by atoms with Crippen LogP contribution in [-0.2, 0) is 5.41 Å². The molecule has 0 spiro atoms. The van der Waals surface area contributed by atoms with Crippen molar-refractivity contribution in [2.75, 3.05) is 27.9 Å². The third kappa shape index (κ3) is 3.90. The van der Waals surface area contributed by atoms with Crippen LogP contribution in [0.4, 0.5) is 4.39 Å². The summed E-state index contributed by atoms with van der Waals surface area (Å²) in [5.41, 5.74) is 0.277. The van der Waals surface area contributed by atoms with Crippen molar-refractivity contribution in [3.63, 3.8) is 0 Å². The first kappa shape index (κ1) is 19.6. The van der Waals surface area contributed by atoms with Crippen LogP contribution in [0.25, 0.3) is 0 Å². The highest BCUT2D eigenvalue weighted by molar-refractivity contribution is 5.98. The summed E-state index contributed by atoms with van der Waals surface area (Å²) in [7, 11) is 4.44. The van der Waals surface area contributed by atoms with Crippen LogP contribution in [0.2, 0.25) is 0 Å². The molecule has 0 atom stereocenters. The maximum absolute atomic E-state index is 14.1. The molecular formula is C20H24FNO4. The Balaban J connectivity index is 2.24. The van der Waals surface area contributed by atoms with Crippen molar-refractivity contribution in [2.45, 2.75) is 19.3 Å². The van der Waals surface area contributed by atoms with Gasteiger partial charge in [0.05, 0.1) is 26.9 Å². The second kappa shape index (κ2) is 8.08. The highest BCUT2D eigenvalue weighted by atomic mass is 19.1. The summed E-state index contributed by atoms with van der Waals surface area (Å²) in [4.78, 5) is 12.7. The molecule has 1 amide bonds. The molecule has 26 heavy (non-hydrogen) atoms. The number of amides is 1. The standard InChI is InChI=1S/C20H24FNO4/c1-20(2,14-8-6-7-9-15(14)21)12-22-19(23)13-10-11-16(24-3)18(26-5)17(13)25-4/h6-11H,12H2,1-5H3,(H,22,23). The smallest absolute Gasteiger partial charge is 0.255 e. The van der Waals surface area contributed by atoms with E-state index >= 15 is 0 Å². The molecule has 5 nitrogen and oxygen atoms in total. The van der Waals surface area contributed by atoms with Gasteiger partial charge in [0.25, 0.3) is 5.91 Å². The van der Waals surface area contributed by atoms with Gasteiger partial charge >= 0.3 is 0 Å². The number of ether oxygens (including phenoxy) is 3. The van der Waals surface area contributed by atoms with Gasteiger partial charge in [0.2, 0.25) is 5.75 Å². The molecule has 1 N–H and O–H groups in total. The van der Waals surface area contributed by atoms with Crippen LogP contribution in [0.3, 0.4) is 0 Å². The zero-order valence-corrected chi connectivity index (χ0v) is 15.7. The van der Waals surface area contributed by atoms with Gasteiger partial charge < -0.3 is 19.5 Å². The van der Waals surface area contributed by atoms with Gasteiger partial charge in [-0.2, -0.15) is 0 Å². The number of hydrogen-bond donors (Lipinski definition) is 1. The summed E-state index contributed by atoms with van der Waals surface area (Å²) in [6.45, 7) is 4.00. The molecule has 2 rings (SSSR count). The number of hydrogen-bond acceptors (Lipinski definition) is 4. The lowest BCUT2D eigenvalue weighted by Gasteiger charge is -2.26. The summed E-state index contributed by atoms with van der Waals surface area (Å²) >= 11 is 0. The third-order valence-corrected chi connectivity index (χ3v) is 4.24. The first-order valence-electron chi connectivity index (χ1n) is 8.18.